The zero-order valence-corrected chi connectivity index (χ0v) is 13.1. The predicted molar refractivity (Wildman–Crippen MR) is 85.0 cm³/mol. The summed E-state index contributed by atoms with van der Waals surface area (Å²) in [6, 6.07) is 5.69. The summed E-state index contributed by atoms with van der Waals surface area (Å²) >= 11 is 3.41. The largest absolute Gasteiger partial charge is 0.367 e. The van der Waals surface area contributed by atoms with Gasteiger partial charge in [-0.15, -0.1) is 0 Å². The number of nitrogens with zero attached hydrogens (tertiary/aromatic N) is 3. The van der Waals surface area contributed by atoms with E-state index in [0.717, 1.165) is 22.1 Å². The van der Waals surface area contributed by atoms with Crippen LogP contribution in [0.25, 0.3) is 0 Å². The summed E-state index contributed by atoms with van der Waals surface area (Å²) in [4.78, 5) is 18.6. The minimum absolute atomic E-state index is 0.163. The van der Waals surface area contributed by atoms with Gasteiger partial charge < -0.3 is 10.6 Å². The lowest BCUT2D eigenvalue weighted by atomic mass is 10.1. The molecule has 0 aliphatic carbocycles. The van der Waals surface area contributed by atoms with Crippen molar-refractivity contribution >= 4 is 38.9 Å². The maximum absolute atomic E-state index is 11.2. The summed E-state index contributed by atoms with van der Waals surface area (Å²) in [5.74, 6) is 0.337. The van der Waals surface area contributed by atoms with Crippen LogP contribution in [0.15, 0.2) is 29.0 Å². The molecule has 1 aromatic carbocycles. The number of nitro groups is 1. The zero-order chi connectivity index (χ0) is 15.4. The molecule has 0 spiro atoms. The first kappa shape index (κ1) is 15.2. The van der Waals surface area contributed by atoms with Crippen LogP contribution in [-0.2, 0) is 6.42 Å². The number of aromatic nitrogens is 2. The van der Waals surface area contributed by atoms with Crippen molar-refractivity contribution in [3.8, 4) is 0 Å². The first-order chi connectivity index (χ1) is 10.1. The fraction of sp³-hybridized carbons (Fsp3) is 0.231. The van der Waals surface area contributed by atoms with Crippen LogP contribution in [0.5, 0.6) is 0 Å². The molecule has 1 heterocycles. The van der Waals surface area contributed by atoms with Crippen LogP contribution in [-0.4, -0.2) is 21.9 Å². The Morgan fingerprint density at radius 1 is 1.33 bits per heavy atom. The van der Waals surface area contributed by atoms with Gasteiger partial charge >= 0.3 is 5.69 Å². The minimum Gasteiger partial charge on any atom is -0.367 e. The van der Waals surface area contributed by atoms with Crippen LogP contribution >= 0.6 is 15.9 Å². The van der Waals surface area contributed by atoms with Gasteiger partial charge in [-0.05, 0) is 30.2 Å². The van der Waals surface area contributed by atoms with Crippen LogP contribution in [0.4, 0.5) is 23.0 Å². The van der Waals surface area contributed by atoms with Gasteiger partial charge in [0.05, 0.1) is 4.92 Å². The molecule has 0 fully saturated rings. The second-order valence-corrected chi connectivity index (χ2v) is 5.12. The lowest BCUT2D eigenvalue weighted by Gasteiger charge is -2.12. The molecule has 0 unspecified atom stereocenters. The summed E-state index contributed by atoms with van der Waals surface area (Å²) in [7, 11) is 1.58. The summed E-state index contributed by atoms with van der Waals surface area (Å²) in [6.45, 7) is 2.01. The van der Waals surface area contributed by atoms with Crippen molar-refractivity contribution in [2.24, 2.45) is 0 Å². The van der Waals surface area contributed by atoms with Crippen molar-refractivity contribution < 1.29 is 4.92 Å². The van der Waals surface area contributed by atoms with Crippen LogP contribution in [0.3, 0.4) is 0 Å². The number of aryl methyl sites for hydroxylation is 1. The fourth-order valence-corrected chi connectivity index (χ4v) is 2.34. The lowest BCUT2D eigenvalue weighted by molar-refractivity contribution is -0.383. The third-order valence-corrected chi connectivity index (χ3v) is 3.44. The van der Waals surface area contributed by atoms with E-state index in [4.69, 9.17) is 0 Å². The molecule has 0 saturated heterocycles. The summed E-state index contributed by atoms with van der Waals surface area (Å²) < 4.78 is 0.956. The summed E-state index contributed by atoms with van der Waals surface area (Å²) in [5.41, 5.74) is 1.64. The normalized spacial score (nSPS) is 10.2. The zero-order valence-electron chi connectivity index (χ0n) is 11.6. The second kappa shape index (κ2) is 6.49. The van der Waals surface area contributed by atoms with Crippen molar-refractivity contribution in [2.75, 3.05) is 17.7 Å². The van der Waals surface area contributed by atoms with Gasteiger partial charge in [-0.25, -0.2) is 9.97 Å². The number of rotatable bonds is 5. The average molecular weight is 352 g/mol. The van der Waals surface area contributed by atoms with Crippen LogP contribution in [0.1, 0.15) is 12.5 Å². The van der Waals surface area contributed by atoms with Gasteiger partial charge in [0.15, 0.2) is 0 Å². The maximum atomic E-state index is 11.2. The Kier molecular flexibility index (Phi) is 4.69. The number of hydrogen-bond donors (Lipinski definition) is 2. The van der Waals surface area contributed by atoms with E-state index in [9.17, 15) is 10.1 Å². The topological polar surface area (TPSA) is 93.0 Å². The fourth-order valence-electron chi connectivity index (χ4n) is 1.93. The van der Waals surface area contributed by atoms with Gasteiger partial charge in [-0.1, -0.05) is 22.9 Å². The van der Waals surface area contributed by atoms with Gasteiger partial charge in [0, 0.05) is 17.2 Å². The van der Waals surface area contributed by atoms with Crippen LogP contribution < -0.4 is 10.6 Å². The molecule has 0 atom stereocenters. The van der Waals surface area contributed by atoms with Crippen molar-refractivity contribution in [1.82, 2.24) is 9.97 Å². The standard InChI is InChI=1S/C13H14BrN5O2/c1-3-8-6-9(14)4-5-10(8)18-13-11(19(20)21)12(15-2)16-7-17-13/h4-7H,3H2,1-2H3,(H2,15,16,17,18). The Hall–Kier alpha value is -2.22. The van der Waals surface area contributed by atoms with Crippen LogP contribution in [0, 0.1) is 10.1 Å². The molecule has 1 aromatic heterocycles. The minimum atomic E-state index is -0.501. The van der Waals surface area contributed by atoms with Gasteiger partial charge in [-0.3, -0.25) is 10.1 Å². The second-order valence-electron chi connectivity index (χ2n) is 4.21. The molecule has 0 bridgehead atoms. The first-order valence-electron chi connectivity index (χ1n) is 6.29. The number of benzene rings is 1. The molecule has 7 nitrogen and oxygen atoms in total. The van der Waals surface area contributed by atoms with Gasteiger partial charge in [-0.2, -0.15) is 0 Å². The molecule has 2 aromatic rings. The molecule has 0 saturated carbocycles. The third-order valence-electron chi connectivity index (χ3n) is 2.94. The molecule has 0 aliphatic heterocycles. The van der Waals surface area contributed by atoms with E-state index in [0.29, 0.717) is 0 Å². The van der Waals surface area contributed by atoms with Gasteiger partial charge in [0.1, 0.15) is 6.33 Å². The highest BCUT2D eigenvalue weighted by Gasteiger charge is 2.22. The monoisotopic (exact) mass is 351 g/mol. The van der Waals surface area contributed by atoms with E-state index < -0.39 is 4.92 Å². The maximum Gasteiger partial charge on any atom is 0.353 e. The Morgan fingerprint density at radius 3 is 2.67 bits per heavy atom. The third kappa shape index (κ3) is 3.27. The molecule has 21 heavy (non-hydrogen) atoms. The Balaban J connectivity index is 2.47. The lowest BCUT2D eigenvalue weighted by Crippen LogP contribution is -2.06. The van der Waals surface area contributed by atoms with Crippen molar-refractivity contribution in [2.45, 2.75) is 13.3 Å². The van der Waals surface area contributed by atoms with Gasteiger partial charge in [0.2, 0.25) is 11.6 Å². The molecular weight excluding hydrogens is 338 g/mol. The molecule has 110 valence electrons. The Labute approximate surface area is 130 Å². The number of hydrogen-bond acceptors (Lipinski definition) is 6. The Bertz CT molecular complexity index is 678. The molecule has 0 aliphatic rings. The van der Waals surface area contributed by atoms with E-state index in [1.54, 1.807) is 7.05 Å². The smallest absolute Gasteiger partial charge is 0.353 e. The van der Waals surface area contributed by atoms with E-state index in [1.165, 1.54) is 6.33 Å². The van der Waals surface area contributed by atoms with Gasteiger partial charge in [0.25, 0.3) is 0 Å². The number of halogens is 1. The van der Waals surface area contributed by atoms with E-state index in [1.807, 2.05) is 25.1 Å². The molecule has 0 radical (unpaired) electrons. The average Bonchev–Trinajstić information content (AvgIpc) is 2.48. The Morgan fingerprint density at radius 2 is 2.05 bits per heavy atom. The highest BCUT2D eigenvalue weighted by atomic mass is 79.9. The molecule has 2 N–H and O–H groups in total. The van der Waals surface area contributed by atoms with Crippen molar-refractivity contribution in [3.63, 3.8) is 0 Å². The predicted octanol–water partition coefficient (Wildman–Crippen LogP) is 3.50. The molecular formula is C13H14BrN5O2. The highest BCUT2D eigenvalue weighted by molar-refractivity contribution is 9.10. The molecule has 0 amide bonds. The van der Waals surface area contributed by atoms with Crippen molar-refractivity contribution in [1.29, 1.82) is 0 Å². The molecule has 2 rings (SSSR count). The number of nitrogens with one attached hydrogen (secondary N) is 2. The van der Waals surface area contributed by atoms with Crippen LogP contribution in [0.2, 0.25) is 0 Å². The number of anilines is 3. The van der Waals surface area contributed by atoms with Crippen molar-refractivity contribution in [3.05, 3.63) is 44.7 Å². The summed E-state index contributed by atoms with van der Waals surface area (Å²) in [6.07, 6.45) is 2.07. The highest BCUT2D eigenvalue weighted by Crippen LogP contribution is 2.32. The summed E-state index contributed by atoms with van der Waals surface area (Å²) in [5, 5.41) is 17.0. The van der Waals surface area contributed by atoms with E-state index >= 15 is 0 Å². The van der Waals surface area contributed by atoms with E-state index in [2.05, 4.69) is 36.5 Å². The first-order valence-corrected chi connectivity index (χ1v) is 7.08. The quantitative estimate of drug-likeness (QED) is 0.632. The molecule has 8 heteroatoms. The SMILES string of the molecule is CCc1cc(Br)ccc1Nc1ncnc(NC)c1[N+](=O)[O-]. The van der Waals surface area contributed by atoms with E-state index in [-0.39, 0.29) is 17.3 Å².